The van der Waals surface area contributed by atoms with Crippen molar-refractivity contribution in [3.05, 3.63) is 89.2 Å². The maximum Gasteiger partial charge on any atom is 0.323 e. The molecule has 0 aromatic heterocycles. The average Bonchev–Trinajstić information content (AvgIpc) is 2.77. The van der Waals surface area contributed by atoms with Crippen LogP contribution in [0.1, 0.15) is 11.1 Å². The number of hydrogen-bond donors (Lipinski definition) is 5. The number of benzene rings is 3. The minimum absolute atomic E-state index is 0.160. The van der Waals surface area contributed by atoms with Crippen LogP contribution in [0.2, 0.25) is 0 Å². The van der Waals surface area contributed by atoms with E-state index < -0.39 is 45.6 Å². The lowest BCUT2D eigenvalue weighted by atomic mass is 10.2. The second-order valence-electron chi connectivity index (χ2n) is 6.74. The first-order valence-electron chi connectivity index (χ1n) is 9.31. The third-order valence-electron chi connectivity index (χ3n) is 4.43. The van der Waals surface area contributed by atoms with Crippen molar-refractivity contribution in [1.82, 2.24) is 4.72 Å². The summed E-state index contributed by atoms with van der Waals surface area (Å²) < 4.78 is 67.5. The summed E-state index contributed by atoms with van der Waals surface area (Å²) in [6, 6.07) is 12.0. The molecule has 0 spiro atoms. The van der Waals surface area contributed by atoms with E-state index in [1.54, 1.807) is 18.2 Å². The molecule has 0 bridgehead atoms. The van der Waals surface area contributed by atoms with Gasteiger partial charge in [0.1, 0.15) is 11.7 Å². The molecule has 0 atom stereocenters. The number of rotatable bonds is 7. The minimum atomic E-state index is -4.18. The standard InChI is InChI=1S/C21H18F3N5O3S/c22-17-8-9-18(23)19(24)16(17)11-27-33(31,32)15-6-4-13(5-7-15)28-21(30)29-14-3-1-2-12(10-14)20(25)26/h1-10,27H,11H2,(H3,25,26)(H2,28,29,30). The van der Waals surface area contributed by atoms with Gasteiger partial charge < -0.3 is 16.4 Å². The van der Waals surface area contributed by atoms with Crippen LogP contribution in [0.3, 0.4) is 0 Å². The highest BCUT2D eigenvalue weighted by molar-refractivity contribution is 7.89. The van der Waals surface area contributed by atoms with Gasteiger partial charge in [-0.25, -0.2) is 31.1 Å². The topological polar surface area (TPSA) is 137 Å². The van der Waals surface area contributed by atoms with Gasteiger partial charge in [-0.2, -0.15) is 0 Å². The summed E-state index contributed by atoms with van der Waals surface area (Å²) in [7, 11) is -4.18. The van der Waals surface area contributed by atoms with Crippen molar-refractivity contribution in [3.8, 4) is 0 Å². The average molecular weight is 477 g/mol. The maximum absolute atomic E-state index is 13.7. The highest BCUT2D eigenvalue weighted by Gasteiger charge is 2.19. The largest absolute Gasteiger partial charge is 0.384 e. The molecule has 6 N–H and O–H groups in total. The van der Waals surface area contributed by atoms with Gasteiger partial charge in [-0.3, -0.25) is 5.41 Å². The first-order chi connectivity index (χ1) is 15.6. The molecule has 2 amide bonds. The van der Waals surface area contributed by atoms with Gasteiger partial charge in [-0.15, -0.1) is 0 Å². The molecule has 3 rings (SSSR count). The number of urea groups is 1. The molecule has 172 valence electrons. The van der Waals surface area contributed by atoms with Crippen LogP contribution in [0.5, 0.6) is 0 Å². The van der Waals surface area contributed by atoms with Crippen LogP contribution < -0.4 is 21.1 Å². The van der Waals surface area contributed by atoms with E-state index in [9.17, 15) is 26.4 Å². The van der Waals surface area contributed by atoms with Gasteiger partial charge in [0.25, 0.3) is 0 Å². The molecular weight excluding hydrogens is 459 g/mol. The van der Waals surface area contributed by atoms with Gasteiger partial charge in [-0.05, 0) is 48.5 Å². The Bertz CT molecular complexity index is 1320. The van der Waals surface area contributed by atoms with Crippen molar-refractivity contribution in [3.63, 3.8) is 0 Å². The minimum Gasteiger partial charge on any atom is -0.384 e. The number of carbonyl (C=O) groups excluding carboxylic acids is 1. The van der Waals surface area contributed by atoms with Crippen LogP contribution in [0.15, 0.2) is 65.6 Å². The molecule has 0 heterocycles. The van der Waals surface area contributed by atoms with E-state index in [1.807, 2.05) is 4.72 Å². The number of amides is 2. The van der Waals surface area contributed by atoms with E-state index in [-0.39, 0.29) is 16.4 Å². The summed E-state index contributed by atoms with van der Waals surface area (Å²) in [5, 5.41) is 12.5. The van der Waals surface area contributed by atoms with Crippen molar-refractivity contribution in [2.24, 2.45) is 5.73 Å². The van der Waals surface area contributed by atoms with Crippen molar-refractivity contribution < 1.29 is 26.4 Å². The molecule has 3 aromatic carbocycles. The fraction of sp³-hybridized carbons (Fsp3) is 0.0476. The Morgan fingerprint density at radius 1 is 0.909 bits per heavy atom. The number of amidine groups is 1. The lowest BCUT2D eigenvalue weighted by molar-refractivity contribution is 0.262. The Labute approximate surface area is 187 Å². The van der Waals surface area contributed by atoms with E-state index in [1.165, 1.54) is 30.3 Å². The SMILES string of the molecule is N=C(N)c1cccc(NC(=O)Nc2ccc(S(=O)(=O)NCc3c(F)ccc(F)c3F)cc2)c1. The van der Waals surface area contributed by atoms with E-state index in [0.29, 0.717) is 23.4 Å². The van der Waals surface area contributed by atoms with E-state index in [2.05, 4.69) is 10.6 Å². The predicted octanol–water partition coefficient (Wildman–Crippen LogP) is 3.51. The lowest BCUT2D eigenvalue weighted by Gasteiger charge is -2.11. The number of halogens is 3. The van der Waals surface area contributed by atoms with Crippen LogP contribution in [-0.4, -0.2) is 20.3 Å². The van der Waals surface area contributed by atoms with Gasteiger partial charge >= 0.3 is 6.03 Å². The summed E-state index contributed by atoms with van der Waals surface area (Å²) in [4.78, 5) is 11.9. The molecule has 0 saturated heterocycles. The summed E-state index contributed by atoms with van der Waals surface area (Å²) in [6.07, 6.45) is 0. The molecule has 0 aliphatic heterocycles. The number of sulfonamides is 1. The first kappa shape index (κ1) is 23.8. The van der Waals surface area contributed by atoms with Crippen LogP contribution in [0.25, 0.3) is 0 Å². The zero-order chi connectivity index (χ0) is 24.2. The number of hydrogen-bond acceptors (Lipinski definition) is 4. The van der Waals surface area contributed by atoms with Gasteiger partial charge in [0.15, 0.2) is 11.6 Å². The van der Waals surface area contributed by atoms with Gasteiger partial charge in [0.05, 0.1) is 4.90 Å². The van der Waals surface area contributed by atoms with Crippen molar-refractivity contribution in [2.45, 2.75) is 11.4 Å². The fourth-order valence-electron chi connectivity index (χ4n) is 2.76. The second kappa shape index (κ2) is 9.71. The van der Waals surface area contributed by atoms with Crippen LogP contribution in [0, 0.1) is 22.9 Å². The molecule has 0 unspecified atom stereocenters. The highest BCUT2D eigenvalue weighted by Crippen LogP contribution is 2.18. The lowest BCUT2D eigenvalue weighted by Crippen LogP contribution is -2.24. The Balaban J connectivity index is 1.64. The molecule has 8 nitrogen and oxygen atoms in total. The van der Waals surface area contributed by atoms with Crippen molar-refractivity contribution >= 4 is 33.3 Å². The second-order valence-corrected chi connectivity index (χ2v) is 8.51. The summed E-state index contributed by atoms with van der Waals surface area (Å²) in [6.45, 7) is -0.792. The quantitative estimate of drug-likeness (QED) is 0.202. The first-order valence-corrected chi connectivity index (χ1v) is 10.8. The summed E-state index contributed by atoms with van der Waals surface area (Å²) in [5.41, 5.74) is 5.74. The van der Waals surface area contributed by atoms with Crippen molar-refractivity contribution in [2.75, 3.05) is 10.6 Å². The molecular formula is C21H18F3N5O3S. The monoisotopic (exact) mass is 477 g/mol. The maximum atomic E-state index is 13.7. The zero-order valence-electron chi connectivity index (χ0n) is 16.8. The van der Waals surface area contributed by atoms with Gasteiger partial charge in [0.2, 0.25) is 10.0 Å². The number of nitrogens with two attached hydrogens (primary N) is 1. The van der Waals surface area contributed by atoms with E-state index in [4.69, 9.17) is 11.1 Å². The fourth-order valence-corrected chi connectivity index (χ4v) is 3.75. The smallest absolute Gasteiger partial charge is 0.323 e. The van der Waals surface area contributed by atoms with Gasteiger partial charge in [0, 0.05) is 29.0 Å². The molecule has 12 heteroatoms. The number of nitrogen functional groups attached to an aromatic ring is 1. The van der Waals surface area contributed by atoms with Crippen LogP contribution in [0.4, 0.5) is 29.3 Å². The van der Waals surface area contributed by atoms with E-state index >= 15 is 0 Å². The molecule has 0 aliphatic carbocycles. The summed E-state index contributed by atoms with van der Waals surface area (Å²) >= 11 is 0. The number of anilines is 2. The van der Waals surface area contributed by atoms with Crippen LogP contribution in [-0.2, 0) is 16.6 Å². The van der Waals surface area contributed by atoms with Crippen molar-refractivity contribution in [1.29, 1.82) is 5.41 Å². The molecule has 0 fully saturated rings. The molecule has 0 saturated carbocycles. The molecule has 33 heavy (non-hydrogen) atoms. The Morgan fingerprint density at radius 2 is 1.55 bits per heavy atom. The molecule has 3 aromatic rings. The summed E-state index contributed by atoms with van der Waals surface area (Å²) in [5.74, 6) is -4.02. The predicted molar refractivity (Wildman–Crippen MR) is 117 cm³/mol. The van der Waals surface area contributed by atoms with E-state index in [0.717, 1.165) is 0 Å². The number of carbonyl (C=O) groups is 1. The van der Waals surface area contributed by atoms with Gasteiger partial charge in [-0.1, -0.05) is 12.1 Å². The Hall–Kier alpha value is -3.90. The zero-order valence-corrected chi connectivity index (χ0v) is 17.6. The third-order valence-corrected chi connectivity index (χ3v) is 5.85. The third kappa shape index (κ3) is 5.87. The van der Waals surface area contributed by atoms with Crippen LogP contribution >= 0.6 is 0 Å². The normalized spacial score (nSPS) is 11.1. The highest BCUT2D eigenvalue weighted by atomic mass is 32.2. The molecule has 0 aliphatic rings. The Kier molecular flexibility index (Phi) is 6.99. The Morgan fingerprint density at radius 3 is 2.21 bits per heavy atom. The number of nitrogens with one attached hydrogen (secondary N) is 4. The molecule has 0 radical (unpaired) electrons.